The second-order valence-corrected chi connectivity index (χ2v) is 9.63. The second-order valence-electron chi connectivity index (χ2n) is 8.35. The highest BCUT2D eigenvalue weighted by Crippen LogP contribution is 2.37. The first-order chi connectivity index (χ1) is 15.5. The zero-order chi connectivity index (χ0) is 22.2. The monoisotopic (exact) mass is 484 g/mol. The van der Waals surface area contributed by atoms with Gasteiger partial charge in [0.25, 0.3) is 0 Å². The summed E-state index contributed by atoms with van der Waals surface area (Å²) < 4.78 is 1.88. The fraction of sp³-hybridized carbons (Fsp3) is 0.280. The predicted octanol–water partition coefficient (Wildman–Crippen LogP) is 8.25. The highest BCUT2D eigenvalue weighted by Gasteiger charge is 2.23. The van der Waals surface area contributed by atoms with Crippen molar-refractivity contribution in [2.75, 3.05) is 0 Å². The Bertz CT molecular complexity index is 1250. The molecule has 0 bridgehead atoms. The quantitative estimate of drug-likeness (QED) is 0.316. The molecule has 0 radical (unpaired) electrons. The molecule has 32 heavy (non-hydrogen) atoms. The molecule has 0 saturated heterocycles. The van der Waals surface area contributed by atoms with Crippen molar-refractivity contribution >= 4 is 34.8 Å². The third kappa shape index (κ3) is 4.07. The zero-order valence-electron chi connectivity index (χ0n) is 17.7. The average Bonchev–Trinajstić information content (AvgIpc) is 3.40. The lowest BCUT2D eigenvalue weighted by Crippen LogP contribution is -2.06. The van der Waals surface area contributed by atoms with Crippen molar-refractivity contribution in [1.82, 2.24) is 19.7 Å². The lowest BCUT2D eigenvalue weighted by molar-refractivity contribution is 0.431. The van der Waals surface area contributed by atoms with Gasteiger partial charge in [-0.1, -0.05) is 66.2 Å². The number of rotatable bonds is 4. The minimum atomic E-state index is 0.501. The summed E-state index contributed by atoms with van der Waals surface area (Å²) in [5.41, 5.74) is 5.54. The van der Waals surface area contributed by atoms with E-state index in [0.29, 0.717) is 21.0 Å². The molecular weight excluding hydrogens is 463 g/mol. The van der Waals surface area contributed by atoms with Gasteiger partial charge in [-0.3, -0.25) is 0 Å². The van der Waals surface area contributed by atoms with Gasteiger partial charge in [0, 0.05) is 27.1 Å². The van der Waals surface area contributed by atoms with Gasteiger partial charge in [-0.15, -0.1) is 0 Å². The van der Waals surface area contributed by atoms with E-state index < -0.39 is 0 Å². The van der Waals surface area contributed by atoms with Crippen LogP contribution in [0.5, 0.6) is 0 Å². The first-order valence-corrected chi connectivity index (χ1v) is 12.0. The summed E-state index contributed by atoms with van der Waals surface area (Å²) in [6, 6.07) is 13.2. The van der Waals surface area contributed by atoms with Crippen LogP contribution < -0.4 is 0 Å². The third-order valence-corrected chi connectivity index (χ3v) is 7.01. The van der Waals surface area contributed by atoms with Crippen molar-refractivity contribution in [1.29, 1.82) is 0 Å². The van der Waals surface area contributed by atoms with Gasteiger partial charge >= 0.3 is 0 Å². The van der Waals surface area contributed by atoms with Crippen LogP contribution in [0.25, 0.3) is 28.3 Å². The highest BCUT2D eigenvalue weighted by molar-refractivity contribution is 6.35. The summed E-state index contributed by atoms with van der Waals surface area (Å²) in [5, 5.41) is 6.79. The maximum atomic E-state index is 6.58. The van der Waals surface area contributed by atoms with Gasteiger partial charge in [-0.05, 0) is 50.1 Å². The van der Waals surface area contributed by atoms with Crippen molar-refractivity contribution in [3.8, 4) is 28.3 Å². The summed E-state index contributed by atoms with van der Waals surface area (Å²) in [4.78, 5) is 8.27. The summed E-state index contributed by atoms with van der Waals surface area (Å²) in [6.45, 7) is 2.08. The van der Waals surface area contributed by atoms with Crippen molar-refractivity contribution < 1.29 is 0 Å². The number of H-pyrrole nitrogens is 1. The van der Waals surface area contributed by atoms with Crippen molar-refractivity contribution in [3.63, 3.8) is 0 Å². The number of benzene rings is 2. The van der Waals surface area contributed by atoms with Gasteiger partial charge in [0.05, 0.1) is 28.3 Å². The molecule has 0 aliphatic heterocycles. The second kappa shape index (κ2) is 8.93. The Hall–Kier alpha value is -2.27. The number of hydrogen-bond acceptors (Lipinski definition) is 2. The van der Waals surface area contributed by atoms with E-state index in [4.69, 9.17) is 44.9 Å². The molecule has 164 valence electrons. The Morgan fingerprint density at radius 1 is 0.938 bits per heavy atom. The third-order valence-electron chi connectivity index (χ3n) is 6.22. The largest absolute Gasteiger partial charge is 0.340 e. The lowest BCUT2D eigenvalue weighted by Gasteiger charge is -2.19. The van der Waals surface area contributed by atoms with Gasteiger partial charge in [0.2, 0.25) is 0 Å². The molecule has 1 aliphatic rings. The normalized spacial score (nSPS) is 14.8. The van der Waals surface area contributed by atoms with Crippen molar-refractivity contribution in [3.05, 3.63) is 75.1 Å². The summed E-state index contributed by atoms with van der Waals surface area (Å²) >= 11 is 18.9. The van der Waals surface area contributed by atoms with Crippen LogP contribution in [0.3, 0.4) is 0 Å². The number of imidazole rings is 1. The predicted molar refractivity (Wildman–Crippen MR) is 132 cm³/mol. The molecular formula is C25H23Cl3N4. The first kappa shape index (κ1) is 21.6. The van der Waals surface area contributed by atoms with Gasteiger partial charge < -0.3 is 4.98 Å². The number of halogens is 3. The molecule has 1 N–H and O–H groups in total. The maximum absolute atomic E-state index is 6.58. The number of hydrogen-bond donors (Lipinski definition) is 1. The molecule has 0 spiro atoms. The van der Waals surface area contributed by atoms with E-state index in [9.17, 15) is 0 Å². The topological polar surface area (TPSA) is 46.5 Å². The fourth-order valence-corrected chi connectivity index (χ4v) is 5.18. The zero-order valence-corrected chi connectivity index (χ0v) is 20.0. The van der Waals surface area contributed by atoms with Crippen LogP contribution in [-0.4, -0.2) is 19.7 Å². The van der Waals surface area contributed by atoms with Crippen molar-refractivity contribution in [2.24, 2.45) is 0 Å². The Balaban J connectivity index is 1.64. The van der Waals surface area contributed by atoms with E-state index in [2.05, 4.69) is 11.9 Å². The van der Waals surface area contributed by atoms with E-state index in [1.165, 1.54) is 32.1 Å². The molecule has 5 rings (SSSR count). The van der Waals surface area contributed by atoms with E-state index in [1.54, 1.807) is 6.07 Å². The molecule has 4 nitrogen and oxygen atoms in total. The van der Waals surface area contributed by atoms with Crippen LogP contribution >= 0.6 is 34.8 Å². The van der Waals surface area contributed by atoms with Crippen LogP contribution in [0.4, 0.5) is 0 Å². The molecule has 1 aliphatic carbocycles. The number of nitrogens with zero attached hydrogens (tertiary/aromatic N) is 3. The molecule has 1 fully saturated rings. The standard InChI is InChI=1S/C25H23Cl3N4/c1-15-23(21-14-29-25(30-21)17-5-3-2-4-6-17)31-32(22-12-11-19(27)13-20(22)28)24(15)16-7-9-18(26)10-8-16/h7-14,17H,2-6H2,1H3,(H,29,30). The average molecular weight is 486 g/mol. The van der Waals surface area contributed by atoms with E-state index in [-0.39, 0.29) is 0 Å². The number of aromatic amines is 1. The summed E-state index contributed by atoms with van der Waals surface area (Å²) in [7, 11) is 0. The molecule has 2 aromatic carbocycles. The minimum absolute atomic E-state index is 0.501. The number of nitrogens with one attached hydrogen (secondary N) is 1. The van der Waals surface area contributed by atoms with Gasteiger partial charge in [-0.25, -0.2) is 9.67 Å². The van der Waals surface area contributed by atoms with Crippen LogP contribution in [-0.2, 0) is 0 Å². The molecule has 0 atom stereocenters. The molecule has 2 heterocycles. The SMILES string of the molecule is Cc1c(-c2cnc(C3CCCCC3)[nH]2)nn(-c2ccc(Cl)cc2Cl)c1-c1ccc(Cl)cc1. The first-order valence-electron chi connectivity index (χ1n) is 10.9. The molecule has 0 unspecified atom stereocenters. The molecule has 2 aromatic heterocycles. The van der Waals surface area contributed by atoms with E-state index >= 15 is 0 Å². The van der Waals surface area contributed by atoms with Crippen molar-refractivity contribution in [2.45, 2.75) is 44.9 Å². The van der Waals surface area contributed by atoms with Gasteiger partial charge in [-0.2, -0.15) is 5.10 Å². The Morgan fingerprint density at radius 2 is 1.66 bits per heavy atom. The Morgan fingerprint density at radius 3 is 2.38 bits per heavy atom. The molecule has 7 heteroatoms. The van der Waals surface area contributed by atoms with E-state index in [0.717, 1.165) is 39.7 Å². The van der Waals surface area contributed by atoms with Crippen LogP contribution in [0, 0.1) is 6.92 Å². The number of aromatic nitrogens is 4. The van der Waals surface area contributed by atoms with Gasteiger partial charge in [0.1, 0.15) is 11.5 Å². The smallest absolute Gasteiger partial charge is 0.114 e. The lowest BCUT2D eigenvalue weighted by atomic mass is 9.89. The summed E-state index contributed by atoms with van der Waals surface area (Å²) in [6.07, 6.45) is 8.14. The fourth-order valence-electron chi connectivity index (χ4n) is 4.57. The Kier molecular flexibility index (Phi) is 6.02. The van der Waals surface area contributed by atoms with Gasteiger partial charge in [0.15, 0.2) is 0 Å². The molecule has 4 aromatic rings. The van der Waals surface area contributed by atoms with E-state index in [1.807, 2.05) is 47.3 Å². The molecule has 0 amide bonds. The summed E-state index contributed by atoms with van der Waals surface area (Å²) in [5.74, 6) is 1.56. The van der Waals surface area contributed by atoms with Crippen LogP contribution in [0.15, 0.2) is 48.7 Å². The Labute approximate surface area is 202 Å². The maximum Gasteiger partial charge on any atom is 0.114 e. The minimum Gasteiger partial charge on any atom is -0.340 e. The highest BCUT2D eigenvalue weighted by atomic mass is 35.5. The molecule has 1 saturated carbocycles. The van der Waals surface area contributed by atoms with Crippen LogP contribution in [0.1, 0.15) is 49.4 Å². The van der Waals surface area contributed by atoms with Crippen LogP contribution in [0.2, 0.25) is 15.1 Å².